The largest absolute Gasteiger partial charge is 0.322 e. The van der Waals surface area contributed by atoms with Crippen molar-refractivity contribution in [1.82, 2.24) is 14.7 Å². The van der Waals surface area contributed by atoms with Gasteiger partial charge in [0, 0.05) is 22.6 Å². The molecule has 0 aliphatic carbocycles. The van der Waals surface area contributed by atoms with Gasteiger partial charge in [0.1, 0.15) is 18.2 Å². The molecule has 0 atom stereocenters. The smallest absolute Gasteiger partial charge is 0.315 e. The van der Waals surface area contributed by atoms with Crippen LogP contribution in [0.4, 0.5) is 20.7 Å². The molecule has 190 valence electrons. The summed E-state index contributed by atoms with van der Waals surface area (Å²) in [5.74, 6) is -0.200. The second-order valence-electron chi connectivity index (χ2n) is 8.90. The lowest BCUT2D eigenvalue weighted by Gasteiger charge is -2.24. The first-order chi connectivity index (χ1) is 17.8. The minimum atomic E-state index is -0.384. The molecule has 2 N–H and O–H groups in total. The molecule has 4 rings (SSSR count). The molecule has 3 aromatic carbocycles. The maximum absolute atomic E-state index is 13.5. The number of aromatic nitrogens is 2. The van der Waals surface area contributed by atoms with E-state index in [-0.39, 0.29) is 30.2 Å². The molecular formula is C28H27BrFN5O2. The van der Waals surface area contributed by atoms with Crippen molar-refractivity contribution in [2.75, 3.05) is 23.7 Å². The van der Waals surface area contributed by atoms with Crippen LogP contribution in [-0.4, -0.2) is 39.7 Å². The summed E-state index contributed by atoms with van der Waals surface area (Å²) in [6.07, 6.45) is 0. The zero-order chi connectivity index (χ0) is 26.4. The van der Waals surface area contributed by atoms with Crippen LogP contribution in [0.15, 0.2) is 89.4 Å². The first-order valence-corrected chi connectivity index (χ1v) is 12.6. The molecule has 37 heavy (non-hydrogen) atoms. The SMILES string of the molecule is CC(C)CN(CC(=O)Nc1cc(-c2ccccc2)nn1-c1ccc(F)cc1)C(=O)Nc1ccccc1Br. The second kappa shape index (κ2) is 11.8. The van der Waals surface area contributed by atoms with Crippen LogP contribution in [0.3, 0.4) is 0 Å². The maximum atomic E-state index is 13.5. The summed E-state index contributed by atoms with van der Waals surface area (Å²) in [4.78, 5) is 27.7. The van der Waals surface area contributed by atoms with Gasteiger partial charge >= 0.3 is 6.03 Å². The minimum absolute atomic E-state index is 0.146. The summed E-state index contributed by atoms with van der Waals surface area (Å²) in [6, 6.07) is 24.0. The number of benzene rings is 3. The number of para-hydroxylation sites is 1. The fourth-order valence-corrected chi connectivity index (χ4v) is 4.16. The Balaban J connectivity index is 1.57. The van der Waals surface area contributed by atoms with Crippen molar-refractivity contribution in [3.63, 3.8) is 0 Å². The van der Waals surface area contributed by atoms with Crippen LogP contribution in [0.5, 0.6) is 0 Å². The van der Waals surface area contributed by atoms with Crippen LogP contribution in [0, 0.1) is 11.7 Å². The molecule has 3 amide bonds. The van der Waals surface area contributed by atoms with Crippen LogP contribution >= 0.6 is 15.9 Å². The van der Waals surface area contributed by atoms with Crippen LogP contribution in [0.2, 0.25) is 0 Å². The Kier molecular flexibility index (Phi) is 8.35. The Hall–Kier alpha value is -3.98. The van der Waals surface area contributed by atoms with Crippen molar-refractivity contribution in [2.24, 2.45) is 5.92 Å². The Morgan fingerprint density at radius 3 is 2.32 bits per heavy atom. The lowest BCUT2D eigenvalue weighted by Crippen LogP contribution is -2.42. The summed E-state index contributed by atoms with van der Waals surface area (Å²) in [7, 11) is 0. The van der Waals surface area contributed by atoms with E-state index in [1.165, 1.54) is 17.0 Å². The molecule has 1 heterocycles. The van der Waals surface area contributed by atoms with Gasteiger partial charge in [0.2, 0.25) is 5.91 Å². The standard InChI is InChI=1S/C28H27BrFN5O2/c1-19(2)17-34(28(37)31-24-11-7-6-10-23(24)29)18-27(36)32-26-16-25(20-8-4-3-5-9-20)33-35(26)22-14-12-21(30)13-15-22/h3-16,19H,17-18H2,1-2H3,(H,31,37)(H,32,36). The molecule has 0 bridgehead atoms. The van der Waals surface area contributed by atoms with E-state index in [4.69, 9.17) is 0 Å². The minimum Gasteiger partial charge on any atom is -0.315 e. The first-order valence-electron chi connectivity index (χ1n) is 11.8. The number of carbonyl (C=O) groups excluding carboxylic acids is 2. The van der Waals surface area contributed by atoms with E-state index in [1.807, 2.05) is 62.4 Å². The molecule has 7 nitrogen and oxygen atoms in total. The Labute approximate surface area is 223 Å². The number of carbonyl (C=O) groups is 2. The number of hydrogen-bond donors (Lipinski definition) is 2. The van der Waals surface area contributed by atoms with Crippen molar-refractivity contribution in [3.05, 3.63) is 95.2 Å². The molecule has 0 fully saturated rings. The topological polar surface area (TPSA) is 79.3 Å². The normalized spacial score (nSPS) is 10.8. The molecule has 0 saturated carbocycles. The van der Waals surface area contributed by atoms with Crippen LogP contribution in [0.1, 0.15) is 13.8 Å². The fraction of sp³-hybridized carbons (Fsp3) is 0.179. The third kappa shape index (κ3) is 6.83. The zero-order valence-electron chi connectivity index (χ0n) is 20.5. The number of rotatable bonds is 8. The van der Waals surface area contributed by atoms with Crippen molar-refractivity contribution in [3.8, 4) is 16.9 Å². The Morgan fingerprint density at radius 1 is 0.973 bits per heavy atom. The molecule has 0 spiro atoms. The molecule has 0 radical (unpaired) electrons. The van der Waals surface area contributed by atoms with Gasteiger partial charge in [-0.25, -0.2) is 13.9 Å². The third-order valence-electron chi connectivity index (χ3n) is 5.44. The van der Waals surface area contributed by atoms with Crippen molar-refractivity contribution < 1.29 is 14.0 Å². The van der Waals surface area contributed by atoms with Gasteiger partial charge in [0.15, 0.2) is 0 Å². The van der Waals surface area contributed by atoms with E-state index in [9.17, 15) is 14.0 Å². The summed E-state index contributed by atoms with van der Waals surface area (Å²) in [5.41, 5.74) is 2.71. The zero-order valence-corrected chi connectivity index (χ0v) is 22.1. The van der Waals surface area contributed by atoms with E-state index in [0.717, 1.165) is 10.0 Å². The molecular weight excluding hydrogens is 537 g/mol. The number of nitrogens with zero attached hydrogens (tertiary/aromatic N) is 3. The van der Waals surface area contributed by atoms with Gasteiger partial charge in [-0.1, -0.05) is 56.3 Å². The number of urea groups is 1. The van der Waals surface area contributed by atoms with Gasteiger partial charge in [-0.2, -0.15) is 5.10 Å². The molecule has 0 aliphatic heterocycles. The second-order valence-corrected chi connectivity index (χ2v) is 9.76. The number of halogens is 2. The Morgan fingerprint density at radius 2 is 1.65 bits per heavy atom. The van der Waals surface area contributed by atoms with Crippen molar-refractivity contribution >= 4 is 39.4 Å². The van der Waals surface area contributed by atoms with Gasteiger partial charge < -0.3 is 15.5 Å². The average Bonchev–Trinajstić information content (AvgIpc) is 3.29. The van der Waals surface area contributed by atoms with E-state index in [1.54, 1.807) is 28.9 Å². The summed E-state index contributed by atoms with van der Waals surface area (Å²) in [5, 5.41) is 10.4. The lowest BCUT2D eigenvalue weighted by atomic mass is 10.1. The van der Waals surface area contributed by atoms with Gasteiger partial charge in [-0.05, 0) is 58.2 Å². The van der Waals surface area contributed by atoms with E-state index in [0.29, 0.717) is 29.4 Å². The predicted molar refractivity (Wildman–Crippen MR) is 147 cm³/mol. The number of amides is 3. The quantitative estimate of drug-likeness (QED) is 0.254. The molecule has 0 saturated heterocycles. The predicted octanol–water partition coefficient (Wildman–Crippen LogP) is 6.57. The maximum Gasteiger partial charge on any atom is 0.322 e. The molecule has 9 heteroatoms. The molecule has 1 aromatic heterocycles. The van der Waals surface area contributed by atoms with E-state index >= 15 is 0 Å². The van der Waals surface area contributed by atoms with Gasteiger partial charge in [-0.3, -0.25) is 4.79 Å². The van der Waals surface area contributed by atoms with Crippen LogP contribution in [0.25, 0.3) is 16.9 Å². The van der Waals surface area contributed by atoms with Crippen molar-refractivity contribution in [1.29, 1.82) is 0 Å². The van der Waals surface area contributed by atoms with Crippen LogP contribution in [-0.2, 0) is 4.79 Å². The highest BCUT2D eigenvalue weighted by atomic mass is 79.9. The highest BCUT2D eigenvalue weighted by molar-refractivity contribution is 9.10. The molecule has 0 aliphatic rings. The molecule has 4 aromatic rings. The van der Waals surface area contributed by atoms with Gasteiger partial charge in [0.05, 0.1) is 17.1 Å². The highest BCUT2D eigenvalue weighted by Gasteiger charge is 2.21. The van der Waals surface area contributed by atoms with E-state index in [2.05, 4.69) is 31.7 Å². The van der Waals surface area contributed by atoms with Crippen molar-refractivity contribution in [2.45, 2.75) is 13.8 Å². The summed E-state index contributed by atoms with van der Waals surface area (Å²) < 4.78 is 15.8. The number of anilines is 2. The van der Waals surface area contributed by atoms with Gasteiger partial charge in [0.25, 0.3) is 0 Å². The van der Waals surface area contributed by atoms with E-state index < -0.39 is 0 Å². The number of nitrogens with one attached hydrogen (secondary N) is 2. The highest BCUT2D eigenvalue weighted by Crippen LogP contribution is 2.25. The average molecular weight is 564 g/mol. The summed E-state index contributed by atoms with van der Waals surface area (Å²) >= 11 is 3.43. The fourth-order valence-electron chi connectivity index (χ4n) is 3.77. The summed E-state index contributed by atoms with van der Waals surface area (Å²) in [6.45, 7) is 4.18. The first kappa shape index (κ1) is 26.1. The third-order valence-corrected chi connectivity index (χ3v) is 6.13. The van der Waals surface area contributed by atoms with Gasteiger partial charge in [-0.15, -0.1) is 0 Å². The molecule has 0 unspecified atom stereocenters. The lowest BCUT2D eigenvalue weighted by molar-refractivity contribution is -0.116. The number of hydrogen-bond acceptors (Lipinski definition) is 3. The Bertz CT molecular complexity index is 1370. The monoisotopic (exact) mass is 563 g/mol. The van der Waals surface area contributed by atoms with Crippen LogP contribution < -0.4 is 10.6 Å².